The maximum atomic E-state index is 8.60. The van der Waals surface area contributed by atoms with E-state index in [0.717, 1.165) is 38.6 Å². The van der Waals surface area contributed by atoms with Crippen molar-refractivity contribution in [2.75, 3.05) is 0 Å². The van der Waals surface area contributed by atoms with Gasteiger partial charge in [-0.2, -0.15) is 0 Å². The molecule has 0 saturated carbocycles. The molecule has 7 aromatic rings. The minimum atomic E-state index is -2.33. The molecule has 244 valence electrons. The normalized spacial score (nSPS) is 14.0. The van der Waals surface area contributed by atoms with Gasteiger partial charge in [0.1, 0.15) is 11.2 Å². The van der Waals surface area contributed by atoms with Crippen molar-refractivity contribution in [3.05, 3.63) is 102 Å². The Morgan fingerprint density at radius 3 is 1.92 bits per heavy atom. The van der Waals surface area contributed by atoms with Crippen LogP contribution in [0.5, 0.6) is 0 Å². The standard InChI is InChI=1S/C44H49NOSi2/c1-26(2)35-21-32(48(9,10)11)22-36(27(3)4)43(35)37-23-41(45-25-28(37)5)34-14-12-13-33-40-19-30-16-15-29-17-18-31(47(6,7)8)20-38(29)39(30)24-42(40)46-44(33)34/h12-27H,1-11H3/i5D3. The van der Waals surface area contributed by atoms with Crippen LogP contribution >= 0.6 is 0 Å². The van der Waals surface area contributed by atoms with E-state index < -0.39 is 23.0 Å². The molecule has 0 bridgehead atoms. The van der Waals surface area contributed by atoms with Crippen LogP contribution in [-0.4, -0.2) is 21.1 Å². The first-order chi connectivity index (χ1) is 23.8. The van der Waals surface area contributed by atoms with Crippen LogP contribution in [0.1, 0.15) is 60.3 Å². The molecule has 0 atom stereocenters. The molecular weight excluding hydrogens is 615 g/mol. The Kier molecular flexibility index (Phi) is 6.98. The predicted octanol–water partition coefficient (Wildman–Crippen LogP) is 12.3. The number of rotatable bonds is 6. The maximum absolute atomic E-state index is 8.60. The quantitative estimate of drug-likeness (QED) is 0.130. The molecule has 0 spiro atoms. The Morgan fingerprint density at radius 2 is 1.27 bits per heavy atom. The molecule has 0 aliphatic heterocycles. The molecule has 0 radical (unpaired) electrons. The van der Waals surface area contributed by atoms with Crippen LogP contribution in [0.4, 0.5) is 0 Å². The summed E-state index contributed by atoms with van der Waals surface area (Å²) in [6.07, 6.45) is 1.58. The van der Waals surface area contributed by atoms with E-state index in [1.807, 2.05) is 12.1 Å². The van der Waals surface area contributed by atoms with Gasteiger partial charge in [0.25, 0.3) is 0 Å². The van der Waals surface area contributed by atoms with Gasteiger partial charge in [0.05, 0.1) is 21.8 Å². The van der Waals surface area contributed by atoms with Gasteiger partial charge in [-0.25, -0.2) is 0 Å². The first kappa shape index (κ1) is 29.0. The van der Waals surface area contributed by atoms with Gasteiger partial charge in [-0.15, -0.1) is 0 Å². The third-order valence-electron chi connectivity index (χ3n) is 10.1. The zero-order chi connectivity index (χ0) is 36.8. The van der Waals surface area contributed by atoms with Crippen LogP contribution in [0.25, 0.3) is 65.9 Å². The number of para-hydroxylation sites is 1. The summed E-state index contributed by atoms with van der Waals surface area (Å²) in [5.74, 6) is 0.418. The van der Waals surface area contributed by atoms with E-state index in [-0.39, 0.29) is 17.4 Å². The molecule has 0 aliphatic carbocycles. The molecule has 0 amide bonds. The largest absolute Gasteiger partial charge is 0.455 e. The molecule has 2 nitrogen and oxygen atoms in total. The van der Waals surface area contributed by atoms with E-state index in [1.165, 1.54) is 43.0 Å². The number of nitrogens with zero attached hydrogens (tertiary/aromatic N) is 1. The summed E-state index contributed by atoms with van der Waals surface area (Å²) in [6.45, 7) is 20.8. The number of pyridine rings is 1. The molecule has 5 aromatic carbocycles. The Labute approximate surface area is 292 Å². The van der Waals surface area contributed by atoms with Crippen molar-refractivity contribution >= 4 is 70.0 Å². The van der Waals surface area contributed by atoms with E-state index >= 15 is 0 Å². The van der Waals surface area contributed by atoms with Crippen LogP contribution < -0.4 is 10.4 Å². The van der Waals surface area contributed by atoms with Crippen molar-refractivity contribution in [1.29, 1.82) is 0 Å². The number of fused-ring (bicyclic) bond motifs is 6. The summed E-state index contributed by atoms with van der Waals surface area (Å²) in [5.41, 5.74) is 7.59. The van der Waals surface area contributed by atoms with Crippen LogP contribution in [0.2, 0.25) is 39.3 Å². The Morgan fingerprint density at radius 1 is 0.625 bits per heavy atom. The van der Waals surface area contributed by atoms with Crippen LogP contribution in [-0.2, 0) is 0 Å². The van der Waals surface area contributed by atoms with Gasteiger partial charge in [0.2, 0.25) is 0 Å². The maximum Gasteiger partial charge on any atom is 0.144 e. The minimum absolute atomic E-state index is 0.209. The average Bonchev–Trinajstić information content (AvgIpc) is 3.42. The van der Waals surface area contributed by atoms with Crippen molar-refractivity contribution in [2.45, 2.75) is 85.7 Å². The number of furan rings is 1. The van der Waals surface area contributed by atoms with Gasteiger partial charge < -0.3 is 4.42 Å². The molecular formula is C44H49NOSi2. The van der Waals surface area contributed by atoms with Crippen molar-refractivity contribution in [2.24, 2.45) is 0 Å². The lowest BCUT2D eigenvalue weighted by molar-refractivity contribution is 0.670. The highest BCUT2D eigenvalue weighted by atomic mass is 28.3. The smallest absolute Gasteiger partial charge is 0.144 e. The topological polar surface area (TPSA) is 26.0 Å². The molecule has 7 rings (SSSR count). The number of hydrogen-bond donors (Lipinski definition) is 0. The highest BCUT2D eigenvalue weighted by molar-refractivity contribution is 6.89. The second-order valence-electron chi connectivity index (χ2n) is 16.3. The zero-order valence-corrected chi connectivity index (χ0v) is 32.1. The zero-order valence-electron chi connectivity index (χ0n) is 33.1. The van der Waals surface area contributed by atoms with Crippen molar-refractivity contribution < 1.29 is 8.53 Å². The molecule has 0 N–H and O–H groups in total. The third kappa shape index (κ3) is 5.53. The fourth-order valence-corrected chi connectivity index (χ4v) is 9.50. The third-order valence-corrected chi connectivity index (χ3v) is 14.1. The lowest BCUT2D eigenvalue weighted by atomic mass is 9.83. The highest BCUT2D eigenvalue weighted by Gasteiger charge is 2.25. The Balaban J connectivity index is 1.49. The summed E-state index contributed by atoms with van der Waals surface area (Å²) in [4.78, 5) is 4.85. The van der Waals surface area contributed by atoms with Gasteiger partial charge in [-0.05, 0) is 92.3 Å². The lowest BCUT2D eigenvalue weighted by Crippen LogP contribution is -2.38. The molecule has 0 saturated heterocycles. The van der Waals surface area contributed by atoms with Crippen molar-refractivity contribution in [3.8, 4) is 22.4 Å². The summed E-state index contributed by atoms with van der Waals surface area (Å²) in [5, 5.41) is 9.77. The van der Waals surface area contributed by atoms with E-state index in [2.05, 4.69) is 134 Å². The summed E-state index contributed by atoms with van der Waals surface area (Å²) >= 11 is 0. The molecule has 0 fully saturated rings. The van der Waals surface area contributed by atoms with Gasteiger partial charge in [0.15, 0.2) is 0 Å². The second kappa shape index (κ2) is 11.6. The SMILES string of the molecule is [2H]C([2H])([2H])c1cnc(-c2cccc3c2oc2cc4c(ccc5ccc([Si](C)(C)C)cc54)cc23)cc1-c1c(C(C)C)cc([Si](C)(C)C)cc1C(C)C. The summed E-state index contributed by atoms with van der Waals surface area (Å²) in [7, 11) is -3.16. The number of benzene rings is 5. The van der Waals surface area contributed by atoms with Crippen LogP contribution in [0.15, 0.2) is 89.5 Å². The summed E-state index contributed by atoms with van der Waals surface area (Å²) < 4.78 is 32.6. The molecule has 4 heteroatoms. The molecule has 2 aromatic heterocycles. The average molecular weight is 667 g/mol. The second-order valence-corrected chi connectivity index (χ2v) is 26.5. The molecule has 0 unspecified atom stereocenters. The van der Waals surface area contributed by atoms with E-state index in [4.69, 9.17) is 13.5 Å². The number of aromatic nitrogens is 1. The van der Waals surface area contributed by atoms with Crippen LogP contribution in [0.3, 0.4) is 0 Å². The first-order valence-corrected chi connectivity index (χ1v) is 24.3. The minimum Gasteiger partial charge on any atom is -0.455 e. The number of aryl methyl sites for hydroxylation is 1. The van der Waals surface area contributed by atoms with Gasteiger partial charge in [0, 0.05) is 26.6 Å². The lowest BCUT2D eigenvalue weighted by Gasteiger charge is -2.27. The van der Waals surface area contributed by atoms with E-state index in [0.29, 0.717) is 5.69 Å². The fraction of sp³-hybridized carbons (Fsp3) is 0.295. The summed E-state index contributed by atoms with van der Waals surface area (Å²) in [6, 6.07) is 28.7. The monoisotopic (exact) mass is 666 g/mol. The van der Waals surface area contributed by atoms with Gasteiger partial charge >= 0.3 is 0 Å². The Bertz CT molecular complexity index is 2470. The van der Waals surface area contributed by atoms with Gasteiger partial charge in [-0.1, -0.05) is 132 Å². The fourth-order valence-electron chi connectivity index (χ4n) is 7.17. The van der Waals surface area contributed by atoms with E-state index in [9.17, 15) is 0 Å². The van der Waals surface area contributed by atoms with Crippen molar-refractivity contribution in [3.63, 3.8) is 0 Å². The Hall–Kier alpha value is -4.00. The molecule has 0 aliphatic rings. The molecule has 2 heterocycles. The number of hydrogen-bond acceptors (Lipinski definition) is 2. The van der Waals surface area contributed by atoms with E-state index in [1.54, 1.807) is 6.20 Å². The molecule has 48 heavy (non-hydrogen) atoms. The van der Waals surface area contributed by atoms with Crippen LogP contribution in [0, 0.1) is 6.85 Å². The predicted molar refractivity (Wildman–Crippen MR) is 216 cm³/mol. The van der Waals surface area contributed by atoms with Crippen molar-refractivity contribution in [1.82, 2.24) is 4.98 Å². The first-order valence-electron chi connectivity index (χ1n) is 18.8. The highest BCUT2D eigenvalue weighted by Crippen LogP contribution is 2.42. The van der Waals surface area contributed by atoms with Gasteiger partial charge in [-0.3, -0.25) is 4.98 Å².